The number of rotatable bonds is 4. The zero-order valence-corrected chi connectivity index (χ0v) is 19.9. The molecule has 0 bridgehead atoms. The third-order valence-electron chi connectivity index (χ3n) is 4.96. The summed E-state index contributed by atoms with van der Waals surface area (Å²) in [5, 5.41) is 0. The monoisotopic (exact) mass is 432 g/mol. The lowest BCUT2D eigenvalue weighted by atomic mass is 9.90. The Bertz CT molecular complexity index is 799. The molecule has 2 rings (SSSR count). The third-order valence-corrected chi connectivity index (χ3v) is 4.96. The molecule has 1 fully saturated rings. The molecule has 0 radical (unpaired) electrons. The molecular weight excluding hydrogens is 396 g/mol. The van der Waals surface area contributed by atoms with Gasteiger partial charge in [-0.3, -0.25) is 9.69 Å². The number of nitrogens with zero attached hydrogens (tertiary/aromatic N) is 2. The van der Waals surface area contributed by atoms with Gasteiger partial charge in [0.15, 0.2) is 5.78 Å². The largest absolute Gasteiger partial charge is 0.444 e. The van der Waals surface area contributed by atoms with Crippen LogP contribution in [-0.2, 0) is 9.47 Å². The second-order valence-corrected chi connectivity index (χ2v) is 10.1. The predicted molar refractivity (Wildman–Crippen MR) is 121 cm³/mol. The maximum Gasteiger partial charge on any atom is 0.414 e. The van der Waals surface area contributed by atoms with Crippen molar-refractivity contribution in [2.45, 2.75) is 72.0 Å². The summed E-state index contributed by atoms with van der Waals surface area (Å²) in [4.78, 5) is 40.5. The Balaban J connectivity index is 1.93. The van der Waals surface area contributed by atoms with E-state index < -0.39 is 17.3 Å². The summed E-state index contributed by atoms with van der Waals surface area (Å²) in [6.07, 6.45) is 1.19. The molecule has 172 valence electrons. The first kappa shape index (κ1) is 24.7. The molecular formula is C24H36N2O5. The highest BCUT2D eigenvalue weighted by Crippen LogP contribution is 2.25. The number of anilines is 1. The van der Waals surface area contributed by atoms with Crippen LogP contribution < -0.4 is 4.90 Å². The van der Waals surface area contributed by atoms with Crippen molar-refractivity contribution < 1.29 is 23.9 Å². The Morgan fingerprint density at radius 3 is 2.13 bits per heavy atom. The van der Waals surface area contributed by atoms with Crippen LogP contribution in [0.25, 0.3) is 0 Å². The third kappa shape index (κ3) is 7.89. The van der Waals surface area contributed by atoms with E-state index in [1.54, 1.807) is 36.2 Å². The van der Waals surface area contributed by atoms with Crippen molar-refractivity contribution in [3.63, 3.8) is 0 Å². The van der Waals surface area contributed by atoms with Crippen molar-refractivity contribution in [2.75, 3.05) is 25.0 Å². The van der Waals surface area contributed by atoms with Gasteiger partial charge in [0.1, 0.15) is 11.2 Å². The van der Waals surface area contributed by atoms with Gasteiger partial charge in [0.05, 0.1) is 0 Å². The van der Waals surface area contributed by atoms with Crippen molar-refractivity contribution in [1.82, 2.24) is 4.90 Å². The van der Waals surface area contributed by atoms with E-state index in [0.29, 0.717) is 30.8 Å². The molecule has 0 spiro atoms. The number of amides is 2. The number of Topliss-reactive ketones (excluding diaryl/α,β-unsaturated/α-hetero) is 1. The number of benzene rings is 1. The van der Waals surface area contributed by atoms with Crippen LogP contribution in [0.5, 0.6) is 0 Å². The fourth-order valence-corrected chi connectivity index (χ4v) is 3.35. The van der Waals surface area contributed by atoms with Crippen LogP contribution in [0.1, 0.15) is 71.2 Å². The number of carbonyl (C=O) groups excluding carboxylic acids is 3. The Hall–Kier alpha value is -2.57. The Labute approximate surface area is 185 Å². The molecule has 1 saturated heterocycles. The molecule has 0 saturated carbocycles. The zero-order chi connectivity index (χ0) is 23.4. The van der Waals surface area contributed by atoms with Crippen LogP contribution in [0.4, 0.5) is 15.3 Å². The standard InChI is InChI=1S/C24H36N2O5/c1-23(2,3)30-21(28)25(7)19-10-8-9-18(16-19)20(27)15-17-11-13-26(14-12-17)22(29)31-24(4,5)6/h8-10,16-17H,11-15H2,1-7H3. The highest BCUT2D eigenvalue weighted by molar-refractivity contribution is 5.98. The van der Waals surface area contributed by atoms with Crippen LogP contribution in [0.15, 0.2) is 24.3 Å². The van der Waals surface area contributed by atoms with Gasteiger partial charge in [-0.05, 0) is 72.4 Å². The summed E-state index contributed by atoms with van der Waals surface area (Å²) in [6, 6.07) is 7.04. The first-order valence-electron chi connectivity index (χ1n) is 10.8. The summed E-state index contributed by atoms with van der Waals surface area (Å²) in [5.74, 6) is 0.258. The van der Waals surface area contributed by atoms with E-state index in [1.165, 1.54) is 4.90 Å². The Kier molecular flexibility index (Phi) is 7.73. The van der Waals surface area contributed by atoms with E-state index in [9.17, 15) is 14.4 Å². The second kappa shape index (κ2) is 9.71. The van der Waals surface area contributed by atoms with Crippen molar-refractivity contribution in [3.8, 4) is 0 Å². The number of likely N-dealkylation sites (tertiary alicyclic amines) is 1. The number of piperidine rings is 1. The van der Waals surface area contributed by atoms with Gasteiger partial charge in [0.2, 0.25) is 0 Å². The number of carbonyl (C=O) groups is 3. The number of hydrogen-bond acceptors (Lipinski definition) is 5. The van der Waals surface area contributed by atoms with Gasteiger partial charge in [-0.2, -0.15) is 0 Å². The minimum absolute atomic E-state index is 0.0372. The summed E-state index contributed by atoms with van der Waals surface area (Å²) in [6.45, 7) is 12.2. The molecule has 1 aromatic rings. The number of ether oxygens (including phenoxy) is 2. The average Bonchev–Trinajstić information content (AvgIpc) is 2.65. The number of ketones is 1. The van der Waals surface area contributed by atoms with Gasteiger partial charge in [-0.1, -0.05) is 12.1 Å². The fourth-order valence-electron chi connectivity index (χ4n) is 3.35. The zero-order valence-electron chi connectivity index (χ0n) is 19.9. The second-order valence-electron chi connectivity index (χ2n) is 10.1. The molecule has 2 amide bonds. The maximum atomic E-state index is 12.8. The van der Waals surface area contributed by atoms with Crippen LogP contribution in [0.3, 0.4) is 0 Å². The molecule has 1 aliphatic heterocycles. The maximum absolute atomic E-state index is 12.8. The fraction of sp³-hybridized carbons (Fsp3) is 0.625. The van der Waals surface area contributed by atoms with Gasteiger partial charge in [0.25, 0.3) is 0 Å². The molecule has 1 aromatic carbocycles. The molecule has 7 nitrogen and oxygen atoms in total. The minimum Gasteiger partial charge on any atom is -0.444 e. The quantitative estimate of drug-likeness (QED) is 0.605. The topological polar surface area (TPSA) is 76.2 Å². The van der Waals surface area contributed by atoms with Crippen molar-refractivity contribution >= 4 is 23.7 Å². The van der Waals surface area contributed by atoms with Gasteiger partial charge in [0, 0.05) is 37.8 Å². The molecule has 1 heterocycles. The first-order valence-corrected chi connectivity index (χ1v) is 10.8. The van der Waals surface area contributed by atoms with Crippen LogP contribution in [0, 0.1) is 5.92 Å². The molecule has 0 N–H and O–H groups in total. The lowest BCUT2D eigenvalue weighted by Gasteiger charge is -2.33. The molecule has 0 atom stereocenters. The minimum atomic E-state index is -0.590. The molecule has 1 aliphatic rings. The number of hydrogen-bond donors (Lipinski definition) is 0. The van der Waals surface area contributed by atoms with E-state index in [0.717, 1.165) is 12.8 Å². The molecule has 0 unspecified atom stereocenters. The summed E-state index contributed by atoms with van der Waals surface area (Å²) in [7, 11) is 1.63. The van der Waals surface area contributed by atoms with Crippen LogP contribution in [-0.4, -0.2) is 54.2 Å². The van der Waals surface area contributed by atoms with Crippen molar-refractivity contribution in [2.24, 2.45) is 5.92 Å². The molecule has 31 heavy (non-hydrogen) atoms. The highest BCUT2D eigenvalue weighted by Gasteiger charge is 2.28. The molecule has 7 heteroatoms. The van der Waals surface area contributed by atoms with Crippen molar-refractivity contribution in [1.29, 1.82) is 0 Å². The summed E-state index contributed by atoms with van der Waals surface area (Å²) < 4.78 is 10.8. The Morgan fingerprint density at radius 2 is 1.58 bits per heavy atom. The summed E-state index contributed by atoms with van der Waals surface area (Å²) >= 11 is 0. The summed E-state index contributed by atoms with van der Waals surface area (Å²) in [5.41, 5.74) is 0.0799. The SMILES string of the molecule is CN(C(=O)OC(C)(C)C)c1cccc(C(=O)CC2CCN(C(=O)OC(C)(C)C)CC2)c1. The van der Waals surface area contributed by atoms with Crippen LogP contribution in [0.2, 0.25) is 0 Å². The van der Waals surface area contributed by atoms with E-state index in [2.05, 4.69) is 0 Å². The van der Waals surface area contributed by atoms with E-state index in [-0.39, 0.29) is 17.8 Å². The van der Waals surface area contributed by atoms with Crippen molar-refractivity contribution in [3.05, 3.63) is 29.8 Å². The van der Waals surface area contributed by atoms with Gasteiger partial charge in [-0.15, -0.1) is 0 Å². The van der Waals surface area contributed by atoms with Gasteiger partial charge < -0.3 is 14.4 Å². The lowest BCUT2D eigenvalue weighted by Crippen LogP contribution is -2.42. The van der Waals surface area contributed by atoms with E-state index >= 15 is 0 Å². The first-order chi connectivity index (χ1) is 14.2. The van der Waals surface area contributed by atoms with Gasteiger partial charge >= 0.3 is 12.2 Å². The highest BCUT2D eigenvalue weighted by atomic mass is 16.6. The van der Waals surface area contributed by atoms with Crippen LogP contribution >= 0.6 is 0 Å². The Morgan fingerprint density at radius 1 is 1.00 bits per heavy atom. The average molecular weight is 433 g/mol. The van der Waals surface area contributed by atoms with E-state index in [4.69, 9.17) is 9.47 Å². The molecule has 0 aliphatic carbocycles. The molecule has 0 aromatic heterocycles. The van der Waals surface area contributed by atoms with Gasteiger partial charge in [-0.25, -0.2) is 9.59 Å². The van der Waals surface area contributed by atoms with E-state index in [1.807, 2.05) is 41.5 Å². The predicted octanol–water partition coefficient (Wildman–Crippen LogP) is 5.28. The normalized spacial score (nSPS) is 15.4. The smallest absolute Gasteiger partial charge is 0.414 e. The lowest BCUT2D eigenvalue weighted by molar-refractivity contribution is 0.0183.